The van der Waals surface area contributed by atoms with Crippen LogP contribution in [0.1, 0.15) is 24.8 Å². The van der Waals surface area contributed by atoms with Crippen molar-refractivity contribution in [3.8, 4) is 0 Å². The van der Waals surface area contributed by atoms with Crippen LogP contribution < -0.4 is 4.90 Å². The summed E-state index contributed by atoms with van der Waals surface area (Å²) in [7, 11) is 0. The molecule has 2 aliphatic rings. The largest absolute Gasteiger partial charge is 0.417 e. The summed E-state index contributed by atoms with van der Waals surface area (Å²) in [6.07, 6.45) is -0.426. The number of amides is 2. The molecule has 1 aromatic heterocycles. The fourth-order valence-electron chi connectivity index (χ4n) is 3.21. The predicted octanol–water partition coefficient (Wildman–Crippen LogP) is 3.48. The topological polar surface area (TPSA) is 39.7 Å². The van der Waals surface area contributed by atoms with Crippen LogP contribution in [0.3, 0.4) is 0 Å². The van der Waals surface area contributed by atoms with Gasteiger partial charge in [0.05, 0.1) is 10.6 Å². The normalized spacial score (nSPS) is 19.3. The van der Waals surface area contributed by atoms with Crippen LogP contribution in [0.25, 0.3) is 0 Å². The number of halogens is 4. The average molecular weight is 377 g/mol. The van der Waals surface area contributed by atoms with E-state index in [9.17, 15) is 18.0 Å². The maximum Gasteiger partial charge on any atom is 0.417 e. The molecule has 25 heavy (non-hydrogen) atoms. The molecule has 2 fully saturated rings. The number of anilines is 1. The van der Waals surface area contributed by atoms with Crippen molar-refractivity contribution in [1.82, 2.24) is 14.8 Å². The smallest absolute Gasteiger partial charge is 0.352 e. The van der Waals surface area contributed by atoms with E-state index in [-0.39, 0.29) is 11.1 Å². The maximum absolute atomic E-state index is 12.7. The minimum Gasteiger partial charge on any atom is -0.352 e. The highest BCUT2D eigenvalue weighted by Crippen LogP contribution is 2.33. The van der Waals surface area contributed by atoms with E-state index in [4.69, 9.17) is 11.6 Å². The van der Waals surface area contributed by atoms with Gasteiger partial charge in [-0.05, 0) is 25.3 Å². The van der Waals surface area contributed by atoms with Crippen molar-refractivity contribution >= 4 is 23.4 Å². The van der Waals surface area contributed by atoms with Crippen molar-refractivity contribution in [1.29, 1.82) is 0 Å². The van der Waals surface area contributed by atoms with Crippen molar-refractivity contribution in [3.05, 3.63) is 22.8 Å². The molecule has 0 atom stereocenters. The van der Waals surface area contributed by atoms with Crippen LogP contribution in [-0.2, 0) is 6.18 Å². The monoisotopic (exact) mass is 376 g/mol. The quantitative estimate of drug-likeness (QED) is 0.753. The minimum atomic E-state index is -4.46. The zero-order valence-corrected chi connectivity index (χ0v) is 14.5. The lowest BCUT2D eigenvalue weighted by Gasteiger charge is -2.39. The van der Waals surface area contributed by atoms with Gasteiger partial charge >= 0.3 is 12.2 Å². The number of nitrogens with zero attached hydrogens (tertiary/aromatic N) is 4. The Bertz CT molecular complexity index is 626. The summed E-state index contributed by atoms with van der Waals surface area (Å²) >= 11 is 6.00. The first-order chi connectivity index (χ1) is 11.9. The van der Waals surface area contributed by atoms with Gasteiger partial charge in [-0.15, -0.1) is 0 Å². The van der Waals surface area contributed by atoms with Crippen LogP contribution in [0.4, 0.5) is 23.8 Å². The van der Waals surface area contributed by atoms with E-state index < -0.39 is 11.7 Å². The molecule has 0 saturated carbocycles. The number of hydrogen-bond acceptors (Lipinski definition) is 3. The molecule has 3 heterocycles. The lowest BCUT2D eigenvalue weighted by Crippen LogP contribution is -2.53. The highest BCUT2D eigenvalue weighted by atomic mass is 35.5. The molecule has 2 aliphatic heterocycles. The first-order valence-electron chi connectivity index (χ1n) is 8.38. The third kappa shape index (κ3) is 4.11. The Labute approximate surface area is 149 Å². The second kappa shape index (κ2) is 7.27. The second-order valence-corrected chi connectivity index (χ2v) is 6.74. The Morgan fingerprint density at radius 3 is 2.16 bits per heavy atom. The molecule has 0 bridgehead atoms. The van der Waals surface area contributed by atoms with Gasteiger partial charge in [0.1, 0.15) is 5.82 Å². The minimum absolute atomic E-state index is 0.0226. The van der Waals surface area contributed by atoms with E-state index in [1.54, 1.807) is 4.90 Å². The summed E-state index contributed by atoms with van der Waals surface area (Å²) in [6.45, 7) is 3.61. The van der Waals surface area contributed by atoms with Gasteiger partial charge < -0.3 is 14.7 Å². The third-order valence-electron chi connectivity index (χ3n) is 4.63. The molecule has 9 heteroatoms. The molecule has 3 rings (SSSR count). The summed E-state index contributed by atoms with van der Waals surface area (Å²) < 4.78 is 38.1. The van der Waals surface area contributed by atoms with Crippen molar-refractivity contribution in [3.63, 3.8) is 0 Å². The maximum atomic E-state index is 12.7. The summed E-state index contributed by atoms with van der Waals surface area (Å²) in [6, 6.07) is 0.945. The van der Waals surface area contributed by atoms with E-state index >= 15 is 0 Å². The van der Waals surface area contributed by atoms with Gasteiger partial charge in [0, 0.05) is 45.5 Å². The molecule has 0 radical (unpaired) electrons. The number of carbonyl (C=O) groups is 1. The number of likely N-dealkylation sites (tertiary alicyclic amines) is 1. The summed E-state index contributed by atoms with van der Waals surface area (Å²) in [5.41, 5.74) is -0.861. The number of urea groups is 1. The van der Waals surface area contributed by atoms with Crippen molar-refractivity contribution < 1.29 is 18.0 Å². The highest BCUT2D eigenvalue weighted by Gasteiger charge is 2.33. The third-order valence-corrected chi connectivity index (χ3v) is 4.90. The molecule has 1 aromatic rings. The molecule has 2 saturated heterocycles. The van der Waals surface area contributed by atoms with Crippen LogP contribution in [-0.4, -0.2) is 60.1 Å². The van der Waals surface area contributed by atoms with E-state index in [0.717, 1.165) is 44.6 Å². The number of aromatic nitrogens is 1. The van der Waals surface area contributed by atoms with Crippen LogP contribution in [0, 0.1) is 0 Å². The number of hydrogen-bond donors (Lipinski definition) is 0. The molecule has 0 N–H and O–H groups in total. The zero-order chi connectivity index (χ0) is 18.0. The van der Waals surface area contributed by atoms with Gasteiger partial charge in [0.2, 0.25) is 0 Å². The van der Waals surface area contributed by atoms with Gasteiger partial charge in [-0.1, -0.05) is 11.6 Å². The Kier molecular flexibility index (Phi) is 5.27. The zero-order valence-electron chi connectivity index (χ0n) is 13.7. The second-order valence-electron chi connectivity index (χ2n) is 6.33. The van der Waals surface area contributed by atoms with Gasteiger partial charge in [0.15, 0.2) is 0 Å². The highest BCUT2D eigenvalue weighted by molar-refractivity contribution is 6.33. The first-order valence-corrected chi connectivity index (χ1v) is 8.75. The Morgan fingerprint density at radius 2 is 1.60 bits per heavy atom. The van der Waals surface area contributed by atoms with Crippen molar-refractivity contribution in [2.45, 2.75) is 25.4 Å². The van der Waals surface area contributed by atoms with Gasteiger partial charge in [-0.2, -0.15) is 13.2 Å². The number of alkyl halides is 3. The summed E-state index contributed by atoms with van der Waals surface area (Å²) in [5.74, 6) is 0.333. The molecule has 5 nitrogen and oxygen atoms in total. The van der Waals surface area contributed by atoms with Gasteiger partial charge in [-0.3, -0.25) is 0 Å². The molecular formula is C16H20ClF3N4O. The number of piperidine rings is 1. The van der Waals surface area contributed by atoms with E-state index in [1.807, 2.05) is 9.80 Å². The molecule has 138 valence electrons. The SMILES string of the molecule is O=C(N1CCCCC1)N1CCN(c2ncc(C(F)(F)F)cc2Cl)CC1. The Hall–Kier alpha value is -1.70. The standard InChI is InChI=1S/C16H20ClF3N4O/c17-13-10-12(16(18,19)20)11-21-14(13)22-6-8-24(9-7-22)15(25)23-4-2-1-3-5-23/h10-11H,1-9H2. The average Bonchev–Trinajstić information content (AvgIpc) is 2.61. The fourth-order valence-corrected chi connectivity index (χ4v) is 3.50. The van der Waals surface area contributed by atoms with Crippen molar-refractivity contribution in [2.75, 3.05) is 44.2 Å². The van der Waals surface area contributed by atoms with Crippen LogP contribution >= 0.6 is 11.6 Å². The van der Waals surface area contributed by atoms with Crippen LogP contribution in [0.2, 0.25) is 5.02 Å². The summed E-state index contributed by atoms with van der Waals surface area (Å²) in [4.78, 5) is 21.9. The molecule has 2 amide bonds. The van der Waals surface area contributed by atoms with Crippen molar-refractivity contribution in [2.24, 2.45) is 0 Å². The molecular weight excluding hydrogens is 357 g/mol. The lowest BCUT2D eigenvalue weighted by molar-refractivity contribution is -0.137. The number of piperazine rings is 1. The van der Waals surface area contributed by atoms with Crippen LogP contribution in [0.5, 0.6) is 0 Å². The number of pyridine rings is 1. The van der Waals surface area contributed by atoms with E-state index in [1.165, 1.54) is 0 Å². The molecule has 0 spiro atoms. The van der Waals surface area contributed by atoms with Gasteiger partial charge in [-0.25, -0.2) is 9.78 Å². The first kappa shape index (κ1) is 18.1. The van der Waals surface area contributed by atoms with Gasteiger partial charge in [0.25, 0.3) is 0 Å². The number of rotatable bonds is 1. The molecule has 0 aliphatic carbocycles. The number of carbonyl (C=O) groups excluding carboxylic acids is 1. The van der Waals surface area contributed by atoms with Crippen LogP contribution in [0.15, 0.2) is 12.3 Å². The molecule has 0 aromatic carbocycles. The van der Waals surface area contributed by atoms with E-state index in [0.29, 0.717) is 32.0 Å². The lowest BCUT2D eigenvalue weighted by atomic mass is 10.1. The Balaban J connectivity index is 1.61. The Morgan fingerprint density at radius 1 is 1.00 bits per heavy atom. The predicted molar refractivity (Wildman–Crippen MR) is 88.9 cm³/mol. The summed E-state index contributed by atoms with van der Waals surface area (Å²) in [5, 5.41) is -0.0226. The molecule has 0 unspecified atom stereocenters. The van der Waals surface area contributed by atoms with E-state index in [2.05, 4.69) is 4.98 Å². The fraction of sp³-hybridized carbons (Fsp3) is 0.625.